The van der Waals surface area contributed by atoms with Gasteiger partial charge in [0.15, 0.2) is 0 Å². The lowest BCUT2D eigenvalue weighted by Crippen LogP contribution is -2.30. The van der Waals surface area contributed by atoms with E-state index < -0.39 is 0 Å². The first-order chi connectivity index (χ1) is 8.58. The molecule has 0 radical (unpaired) electrons. The first-order valence-corrected chi connectivity index (χ1v) is 6.00. The number of nitrogens with one attached hydrogen (secondary N) is 1. The van der Waals surface area contributed by atoms with Crippen molar-refractivity contribution in [2.24, 2.45) is 5.92 Å². The van der Waals surface area contributed by atoms with Gasteiger partial charge in [-0.25, -0.2) is 0 Å². The Hall–Kier alpha value is -1.55. The van der Waals surface area contributed by atoms with Gasteiger partial charge in [-0.2, -0.15) is 0 Å². The fourth-order valence-electron chi connectivity index (χ4n) is 1.70. The Kier molecular flexibility index (Phi) is 5.65. The topological polar surface area (TPSA) is 47.6 Å². The van der Waals surface area contributed by atoms with Crippen molar-refractivity contribution in [3.63, 3.8) is 0 Å². The molecule has 4 heteroatoms. The molecule has 0 fully saturated rings. The molecule has 0 heterocycles. The molecule has 0 aliphatic rings. The van der Waals surface area contributed by atoms with Gasteiger partial charge < -0.3 is 14.8 Å². The molecule has 0 amide bonds. The van der Waals surface area contributed by atoms with Crippen LogP contribution in [0.3, 0.4) is 0 Å². The fraction of sp³-hybridized carbons (Fsp3) is 0.500. The second-order valence-electron chi connectivity index (χ2n) is 4.38. The Labute approximate surface area is 108 Å². The van der Waals surface area contributed by atoms with Gasteiger partial charge in [0.2, 0.25) is 0 Å². The van der Waals surface area contributed by atoms with E-state index in [0.717, 1.165) is 11.3 Å². The molecular weight excluding hydrogens is 230 g/mol. The van der Waals surface area contributed by atoms with Crippen molar-refractivity contribution in [1.29, 1.82) is 0 Å². The Morgan fingerprint density at radius 1 is 1.33 bits per heavy atom. The van der Waals surface area contributed by atoms with Crippen LogP contribution in [0.5, 0.6) is 0 Å². The lowest BCUT2D eigenvalue weighted by molar-refractivity contribution is -0.145. The summed E-state index contributed by atoms with van der Waals surface area (Å²) in [6.45, 7) is 4.39. The van der Waals surface area contributed by atoms with E-state index in [1.165, 1.54) is 7.11 Å². The van der Waals surface area contributed by atoms with Crippen molar-refractivity contribution < 1.29 is 14.3 Å². The van der Waals surface area contributed by atoms with Crippen molar-refractivity contribution in [3.8, 4) is 0 Å². The van der Waals surface area contributed by atoms with Crippen LogP contribution in [0.25, 0.3) is 0 Å². The monoisotopic (exact) mass is 251 g/mol. The molecule has 1 aromatic carbocycles. The van der Waals surface area contributed by atoms with Gasteiger partial charge >= 0.3 is 5.97 Å². The molecule has 2 atom stereocenters. The SMILES string of the molecule is COCc1cccc(NC(C)C(C)C(=O)OC)c1. The van der Waals surface area contributed by atoms with E-state index >= 15 is 0 Å². The molecule has 18 heavy (non-hydrogen) atoms. The lowest BCUT2D eigenvalue weighted by Gasteiger charge is -2.20. The van der Waals surface area contributed by atoms with E-state index in [0.29, 0.717) is 6.61 Å². The molecule has 0 aromatic heterocycles. The Morgan fingerprint density at radius 2 is 2.06 bits per heavy atom. The van der Waals surface area contributed by atoms with Gasteiger partial charge in [0, 0.05) is 18.8 Å². The second-order valence-corrected chi connectivity index (χ2v) is 4.38. The van der Waals surface area contributed by atoms with Crippen LogP contribution >= 0.6 is 0 Å². The fourth-order valence-corrected chi connectivity index (χ4v) is 1.70. The molecule has 1 aromatic rings. The quantitative estimate of drug-likeness (QED) is 0.789. The summed E-state index contributed by atoms with van der Waals surface area (Å²) in [4.78, 5) is 11.4. The maximum Gasteiger partial charge on any atom is 0.310 e. The van der Waals surface area contributed by atoms with Crippen LogP contribution < -0.4 is 5.32 Å². The van der Waals surface area contributed by atoms with Gasteiger partial charge in [0.05, 0.1) is 19.6 Å². The van der Waals surface area contributed by atoms with Gasteiger partial charge in [0.1, 0.15) is 0 Å². The van der Waals surface area contributed by atoms with Gasteiger partial charge in [-0.1, -0.05) is 12.1 Å². The number of methoxy groups -OCH3 is 2. The van der Waals surface area contributed by atoms with E-state index in [2.05, 4.69) is 5.32 Å². The molecule has 0 saturated heterocycles. The molecule has 0 spiro atoms. The standard InChI is InChI=1S/C14H21NO3/c1-10(14(16)18-4)11(2)15-13-7-5-6-12(8-13)9-17-3/h5-8,10-11,15H,9H2,1-4H3. The van der Waals surface area contributed by atoms with Crippen molar-refractivity contribution in [2.75, 3.05) is 19.5 Å². The van der Waals surface area contributed by atoms with Crippen LogP contribution in [0.1, 0.15) is 19.4 Å². The molecular formula is C14H21NO3. The summed E-state index contributed by atoms with van der Waals surface area (Å²) in [5, 5.41) is 3.30. The number of ether oxygens (including phenoxy) is 2. The number of benzene rings is 1. The molecule has 0 bridgehead atoms. The molecule has 0 aliphatic heterocycles. The average molecular weight is 251 g/mol. The smallest absolute Gasteiger partial charge is 0.310 e. The number of carbonyl (C=O) groups is 1. The van der Waals surface area contributed by atoms with Crippen LogP contribution in [0.4, 0.5) is 5.69 Å². The van der Waals surface area contributed by atoms with Gasteiger partial charge in [0.25, 0.3) is 0 Å². The summed E-state index contributed by atoms with van der Waals surface area (Å²) in [6.07, 6.45) is 0. The maximum atomic E-state index is 11.4. The number of esters is 1. The third-order valence-electron chi connectivity index (χ3n) is 2.96. The average Bonchev–Trinajstić information content (AvgIpc) is 2.37. The minimum atomic E-state index is -0.206. The highest BCUT2D eigenvalue weighted by Gasteiger charge is 2.20. The lowest BCUT2D eigenvalue weighted by atomic mass is 10.0. The third kappa shape index (κ3) is 4.04. The second kappa shape index (κ2) is 7.01. The first-order valence-electron chi connectivity index (χ1n) is 6.00. The normalized spacial score (nSPS) is 13.8. The molecule has 1 N–H and O–H groups in total. The summed E-state index contributed by atoms with van der Waals surface area (Å²) in [5.41, 5.74) is 2.08. The largest absolute Gasteiger partial charge is 0.469 e. The van der Waals surface area contributed by atoms with E-state index in [1.807, 2.05) is 38.1 Å². The predicted molar refractivity (Wildman–Crippen MR) is 71.4 cm³/mol. The molecule has 0 aliphatic carbocycles. The number of hydrogen-bond donors (Lipinski definition) is 1. The van der Waals surface area contributed by atoms with Crippen molar-refractivity contribution in [1.82, 2.24) is 0 Å². The molecule has 1 rings (SSSR count). The number of carbonyl (C=O) groups excluding carboxylic acids is 1. The highest BCUT2D eigenvalue weighted by Crippen LogP contribution is 2.16. The number of rotatable bonds is 6. The summed E-state index contributed by atoms with van der Waals surface area (Å²) < 4.78 is 9.82. The number of anilines is 1. The summed E-state index contributed by atoms with van der Waals surface area (Å²) in [5.74, 6) is -0.399. The highest BCUT2D eigenvalue weighted by atomic mass is 16.5. The van der Waals surface area contributed by atoms with Crippen molar-refractivity contribution in [3.05, 3.63) is 29.8 Å². The zero-order valence-electron chi connectivity index (χ0n) is 11.4. The van der Waals surface area contributed by atoms with Gasteiger partial charge in [-0.3, -0.25) is 4.79 Å². The zero-order chi connectivity index (χ0) is 13.5. The predicted octanol–water partition coefficient (Wildman–Crippen LogP) is 2.44. The number of hydrogen-bond acceptors (Lipinski definition) is 4. The van der Waals surface area contributed by atoms with Crippen molar-refractivity contribution >= 4 is 11.7 Å². The van der Waals surface area contributed by atoms with Crippen molar-refractivity contribution in [2.45, 2.75) is 26.5 Å². The zero-order valence-corrected chi connectivity index (χ0v) is 11.4. The molecule has 2 unspecified atom stereocenters. The van der Waals surface area contributed by atoms with Crippen LogP contribution in [-0.4, -0.2) is 26.2 Å². The van der Waals surface area contributed by atoms with Crippen LogP contribution in [0.15, 0.2) is 24.3 Å². The minimum Gasteiger partial charge on any atom is -0.469 e. The van der Waals surface area contributed by atoms with E-state index in [4.69, 9.17) is 9.47 Å². The Morgan fingerprint density at radius 3 is 2.67 bits per heavy atom. The van der Waals surface area contributed by atoms with Gasteiger partial charge in [-0.15, -0.1) is 0 Å². The van der Waals surface area contributed by atoms with E-state index in [9.17, 15) is 4.79 Å². The van der Waals surface area contributed by atoms with Crippen LogP contribution in [0.2, 0.25) is 0 Å². The van der Waals surface area contributed by atoms with Gasteiger partial charge in [-0.05, 0) is 31.5 Å². The van der Waals surface area contributed by atoms with Crippen LogP contribution in [0, 0.1) is 5.92 Å². The van der Waals surface area contributed by atoms with E-state index in [-0.39, 0.29) is 17.9 Å². The molecule has 4 nitrogen and oxygen atoms in total. The van der Waals surface area contributed by atoms with E-state index in [1.54, 1.807) is 7.11 Å². The van der Waals surface area contributed by atoms with Crippen LogP contribution in [-0.2, 0) is 20.9 Å². The third-order valence-corrected chi connectivity index (χ3v) is 2.96. The summed E-state index contributed by atoms with van der Waals surface area (Å²) >= 11 is 0. The maximum absolute atomic E-state index is 11.4. The minimum absolute atomic E-state index is 0.00949. The Balaban J connectivity index is 2.66. The highest BCUT2D eigenvalue weighted by molar-refractivity contribution is 5.73. The summed E-state index contributed by atoms with van der Waals surface area (Å²) in [6, 6.07) is 7.97. The molecule has 0 saturated carbocycles. The Bertz CT molecular complexity index is 392. The molecule has 100 valence electrons. The summed E-state index contributed by atoms with van der Waals surface area (Å²) in [7, 11) is 3.08. The first kappa shape index (κ1) is 14.5.